The Morgan fingerprint density at radius 3 is 0.750 bits per heavy atom. The summed E-state index contributed by atoms with van der Waals surface area (Å²) in [6.07, 6.45) is 0. The Morgan fingerprint density at radius 1 is 0.325 bits per heavy atom. The van der Waals surface area contributed by atoms with Crippen molar-refractivity contribution >= 4 is 11.1 Å². The SMILES string of the molecule is N#CC(C#N)=C1C(=C(c2ccccc2)c2ccccc2)C(=C(C#N)C#N)C1=C(c1ccccc1)c1ccccc1. The van der Waals surface area contributed by atoms with Crippen LogP contribution in [0.4, 0.5) is 0 Å². The summed E-state index contributed by atoms with van der Waals surface area (Å²) < 4.78 is 0. The lowest BCUT2D eigenvalue weighted by Crippen LogP contribution is -2.21. The monoisotopic (exact) mass is 508 g/mol. The Labute approximate surface area is 233 Å². The molecule has 4 aromatic carbocycles. The van der Waals surface area contributed by atoms with Gasteiger partial charge in [0.15, 0.2) is 0 Å². The molecule has 4 heteroatoms. The minimum atomic E-state index is -0.0855. The van der Waals surface area contributed by atoms with Gasteiger partial charge in [0.1, 0.15) is 35.4 Å². The van der Waals surface area contributed by atoms with E-state index in [1.54, 1.807) is 0 Å². The van der Waals surface area contributed by atoms with E-state index in [4.69, 9.17) is 0 Å². The first kappa shape index (κ1) is 25.4. The van der Waals surface area contributed by atoms with Gasteiger partial charge in [-0.3, -0.25) is 0 Å². The molecule has 1 fully saturated rings. The third kappa shape index (κ3) is 4.51. The highest BCUT2D eigenvalue weighted by molar-refractivity contribution is 6.05. The lowest BCUT2D eigenvalue weighted by atomic mass is 9.64. The third-order valence-electron chi connectivity index (χ3n) is 6.70. The zero-order valence-corrected chi connectivity index (χ0v) is 21.3. The molecule has 0 spiro atoms. The number of hydrogen-bond donors (Lipinski definition) is 0. The molecule has 1 aliphatic rings. The summed E-state index contributed by atoms with van der Waals surface area (Å²) in [5.41, 5.74) is 6.57. The number of nitriles is 4. The van der Waals surface area contributed by atoms with E-state index < -0.39 is 0 Å². The molecule has 0 unspecified atom stereocenters. The first-order chi connectivity index (χ1) is 19.7. The van der Waals surface area contributed by atoms with Crippen LogP contribution in [0.25, 0.3) is 11.1 Å². The summed E-state index contributed by atoms with van der Waals surface area (Å²) in [5, 5.41) is 40.6. The van der Waals surface area contributed by atoms with Crippen LogP contribution < -0.4 is 0 Å². The predicted molar refractivity (Wildman–Crippen MR) is 154 cm³/mol. The molecule has 184 valence electrons. The molecule has 1 saturated carbocycles. The van der Waals surface area contributed by atoms with Gasteiger partial charge < -0.3 is 0 Å². The van der Waals surface area contributed by atoms with E-state index in [2.05, 4.69) is 24.3 Å². The van der Waals surface area contributed by atoms with E-state index in [1.807, 2.05) is 121 Å². The van der Waals surface area contributed by atoms with Gasteiger partial charge in [-0.05, 0) is 33.4 Å². The van der Waals surface area contributed by atoms with Gasteiger partial charge in [0.25, 0.3) is 0 Å². The van der Waals surface area contributed by atoms with E-state index in [1.165, 1.54) is 0 Å². The smallest absolute Gasteiger partial charge is 0.138 e. The van der Waals surface area contributed by atoms with E-state index >= 15 is 0 Å². The van der Waals surface area contributed by atoms with Gasteiger partial charge in [0.2, 0.25) is 0 Å². The van der Waals surface area contributed by atoms with Gasteiger partial charge in [0, 0.05) is 22.3 Å². The van der Waals surface area contributed by atoms with Crippen molar-refractivity contribution in [2.75, 3.05) is 0 Å². The third-order valence-corrected chi connectivity index (χ3v) is 6.70. The van der Waals surface area contributed by atoms with E-state index in [9.17, 15) is 21.0 Å². The number of allylic oxidation sites excluding steroid dienone is 6. The predicted octanol–water partition coefficient (Wildman–Crippen LogP) is 7.69. The summed E-state index contributed by atoms with van der Waals surface area (Å²) >= 11 is 0. The standard InChI is InChI=1S/C36H20N4/c37-21-29(22-38)33-35(31(25-13-5-1-6-14-25)26-15-7-2-8-16-26)34(30(23-39)24-40)36(33)32(27-17-9-3-10-18-27)28-19-11-4-12-20-28/h1-20H. The molecular weight excluding hydrogens is 488 g/mol. The largest absolute Gasteiger partial charge is 0.192 e. The van der Waals surface area contributed by atoms with Gasteiger partial charge in [-0.2, -0.15) is 21.0 Å². The van der Waals surface area contributed by atoms with Crippen LogP contribution >= 0.6 is 0 Å². The van der Waals surface area contributed by atoms with Crippen LogP contribution in [0.5, 0.6) is 0 Å². The molecule has 40 heavy (non-hydrogen) atoms. The fourth-order valence-electron chi connectivity index (χ4n) is 5.04. The lowest BCUT2D eigenvalue weighted by Gasteiger charge is -2.36. The van der Waals surface area contributed by atoms with E-state index in [0.717, 1.165) is 33.4 Å². The summed E-state index contributed by atoms with van der Waals surface area (Å²) in [4.78, 5) is 0. The zero-order valence-electron chi connectivity index (χ0n) is 21.3. The van der Waals surface area contributed by atoms with Crippen molar-refractivity contribution in [1.29, 1.82) is 21.0 Å². The van der Waals surface area contributed by atoms with E-state index in [-0.39, 0.29) is 11.1 Å². The highest BCUT2D eigenvalue weighted by atomic mass is 14.4. The second-order valence-electron chi connectivity index (χ2n) is 8.91. The molecule has 0 atom stereocenters. The quantitative estimate of drug-likeness (QED) is 0.264. The highest BCUT2D eigenvalue weighted by Crippen LogP contribution is 2.55. The summed E-state index contributed by atoms with van der Waals surface area (Å²) in [5.74, 6) is 0. The number of nitrogens with zero attached hydrogens (tertiary/aromatic N) is 4. The van der Waals surface area contributed by atoms with Crippen molar-refractivity contribution in [1.82, 2.24) is 0 Å². The van der Waals surface area contributed by atoms with E-state index in [0.29, 0.717) is 22.3 Å². The normalized spacial score (nSPS) is 11.7. The second-order valence-corrected chi connectivity index (χ2v) is 8.91. The fraction of sp³-hybridized carbons (Fsp3) is 0. The molecular formula is C36H20N4. The molecule has 0 saturated heterocycles. The fourth-order valence-corrected chi connectivity index (χ4v) is 5.04. The molecule has 4 aromatic rings. The number of rotatable bonds is 4. The summed E-state index contributed by atoms with van der Waals surface area (Å²) in [7, 11) is 0. The maximum absolute atomic E-state index is 10.2. The highest BCUT2D eigenvalue weighted by Gasteiger charge is 2.41. The number of benzene rings is 4. The van der Waals surface area contributed by atoms with Crippen LogP contribution in [0.1, 0.15) is 22.3 Å². The molecule has 4 nitrogen and oxygen atoms in total. The Balaban J connectivity index is 2.05. The maximum atomic E-state index is 10.2. The van der Waals surface area contributed by atoms with Crippen molar-refractivity contribution in [2.45, 2.75) is 0 Å². The Morgan fingerprint density at radius 2 is 0.550 bits per heavy atom. The van der Waals surface area contributed by atoms with Crippen molar-refractivity contribution in [3.63, 3.8) is 0 Å². The van der Waals surface area contributed by atoms with Crippen molar-refractivity contribution in [2.24, 2.45) is 0 Å². The van der Waals surface area contributed by atoms with Crippen molar-refractivity contribution < 1.29 is 0 Å². The van der Waals surface area contributed by atoms with Crippen LogP contribution in [-0.2, 0) is 0 Å². The number of hydrogen-bond acceptors (Lipinski definition) is 4. The minimum Gasteiger partial charge on any atom is -0.192 e. The molecule has 0 amide bonds. The average Bonchev–Trinajstić information content (AvgIpc) is 3.03. The zero-order chi connectivity index (χ0) is 27.9. The van der Waals surface area contributed by atoms with Crippen molar-refractivity contribution in [3.8, 4) is 24.3 Å². The molecule has 1 aliphatic carbocycles. The molecule has 0 bridgehead atoms. The molecule has 0 radical (unpaired) electrons. The Bertz CT molecular complexity index is 1610. The Hall–Kier alpha value is -6.20. The molecule has 0 aliphatic heterocycles. The van der Waals surface area contributed by atoms with Gasteiger partial charge in [-0.25, -0.2) is 0 Å². The van der Waals surface area contributed by atoms with Crippen LogP contribution in [0, 0.1) is 45.3 Å². The molecule has 0 N–H and O–H groups in total. The first-order valence-corrected chi connectivity index (χ1v) is 12.5. The van der Waals surface area contributed by atoms with Gasteiger partial charge in [-0.1, -0.05) is 121 Å². The summed E-state index contributed by atoms with van der Waals surface area (Å²) in [6, 6.07) is 46.8. The van der Waals surface area contributed by atoms with Gasteiger partial charge in [-0.15, -0.1) is 0 Å². The summed E-state index contributed by atoms with van der Waals surface area (Å²) in [6.45, 7) is 0. The Kier molecular flexibility index (Phi) is 7.29. The van der Waals surface area contributed by atoms with Crippen molar-refractivity contribution in [3.05, 3.63) is 177 Å². The lowest BCUT2D eigenvalue weighted by molar-refractivity contribution is 1.19. The van der Waals surface area contributed by atoms with Crippen LogP contribution in [0.2, 0.25) is 0 Å². The first-order valence-electron chi connectivity index (χ1n) is 12.5. The second kappa shape index (κ2) is 11.5. The minimum absolute atomic E-state index is 0.0855. The average molecular weight is 509 g/mol. The van der Waals surface area contributed by atoms with Crippen LogP contribution in [0.15, 0.2) is 155 Å². The van der Waals surface area contributed by atoms with Gasteiger partial charge in [0.05, 0.1) is 0 Å². The molecule has 5 rings (SSSR count). The topological polar surface area (TPSA) is 95.2 Å². The van der Waals surface area contributed by atoms with Crippen LogP contribution in [-0.4, -0.2) is 0 Å². The maximum Gasteiger partial charge on any atom is 0.138 e. The van der Waals surface area contributed by atoms with Gasteiger partial charge >= 0.3 is 0 Å². The molecule has 0 heterocycles. The molecule has 0 aromatic heterocycles. The van der Waals surface area contributed by atoms with Crippen LogP contribution in [0.3, 0.4) is 0 Å².